The summed E-state index contributed by atoms with van der Waals surface area (Å²) in [4.78, 5) is 0. The fourth-order valence-electron chi connectivity index (χ4n) is 9.43. The lowest BCUT2D eigenvalue weighted by Crippen LogP contribution is -2.37. The van der Waals surface area contributed by atoms with Crippen molar-refractivity contribution >= 4 is 21.6 Å². The Balaban J connectivity index is 0.000000209. The van der Waals surface area contributed by atoms with Gasteiger partial charge >= 0.3 is 12.4 Å². The van der Waals surface area contributed by atoms with Crippen molar-refractivity contribution in [3.63, 3.8) is 0 Å². The zero-order chi connectivity index (χ0) is 64.1. The summed E-state index contributed by atoms with van der Waals surface area (Å²) in [5.41, 5.74) is 14.2. The first-order valence-electron chi connectivity index (χ1n) is 30.6. The van der Waals surface area contributed by atoms with E-state index in [0.29, 0.717) is 11.1 Å². The van der Waals surface area contributed by atoms with Gasteiger partial charge in [0.2, 0.25) is 8.32 Å². The molecule has 0 aliphatic carbocycles. The van der Waals surface area contributed by atoms with Crippen molar-refractivity contribution in [3.05, 3.63) is 228 Å². The molecule has 0 radical (unpaired) electrons. The normalized spacial score (nSPS) is 12.4. The zero-order valence-corrected chi connectivity index (χ0v) is 56.7. The zero-order valence-electron chi connectivity index (χ0n) is 54.7. The average molecular weight is 1210 g/mol. The molecule has 1 nitrogen and oxygen atoms in total. The average Bonchev–Trinajstić information content (AvgIpc) is 1.79. The molecule has 9 heteroatoms. The molecule has 0 aromatic heterocycles. The lowest BCUT2D eigenvalue weighted by atomic mass is 9.82. The predicted molar refractivity (Wildman–Crippen MR) is 362 cm³/mol. The van der Waals surface area contributed by atoms with Gasteiger partial charge in [-0.2, -0.15) is 26.3 Å². The van der Waals surface area contributed by atoms with Gasteiger partial charge < -0.3 is 4.43 Å². The van der Waals surface area contributed by atoms with E-state index >= 15 is 0 Å². The van der Waals surface area contributed by atoms with Crippen LogP contribution in [-0.4, -0.2) is 22.6 Å². The van der Waals surface area contributed by atoms with E-state index in [4.69, 9.17) is 4.43 Å². The van der Waals surface area contributed by atoms with Crippen LogP contribution in [0.5, 0.6) is 5.75 Å². The SMILES string of the molecule is CCC(C)(C)c1ccc(-c2ccc(CC(F)(F)F)cc2)cc1.CCC(C)(C)c1ccc(-c2ccc(O[Si](C)(C)C)cc2)cc1.CCC(C)(C)c1ccc(-c2ccc([Si](C)(C)C)cc2)cc1.CCC(C)(C)c1ccc(-c2cccc(C(F)(F)F)c2)cc1. The third-order valence-corrected chi connectivity index (χ3v) is 20.0. The van der Waals surface area contributed by atoms with Crippen LogP contribution in [0.3, 0.4) is 0 Å². The van der Waals surface area contributed by atoms with Crippen LogP contribution in [0.25, 0.3) is 44.5 Å². The summed E-state index contributed by atoms with van der Waals surface area (Å²) in [5.74, 6) is 0.978. The van der Waals surface area contributed by atoms with E-state index in [1.165, 1.54) is 61.8 Å². The largest absolute Gasteiger partial charge is 0.544 e. The summed E-state index contributed by atoms with van der Waals surface area (Å²) < 4.78 is 81.3. The molecule has 8 aromatic rings. The molecule has 0 aliphatic rings. The maximum Gasteiger partial charge on any atom is 0.416 e. The minimum absolute atomic E-state index is 0.0757. The van der Waals surface area contributed by atoms with Crippen LogP contribution in [0.2, 0.25) is 39.3 Å². The van der Waals surface area contributed by atoms with Crippen LogP contribution in [0.1, 0.15) is 142 Å². The summed E-state index contributed by atoms with van der Waals surface area (Å²) in [5, 5.41) is 1.52. The number of hydrogen-bond acceptors (Lipinski definition) is 1. The standard InChI is InChI=1S/C20H28OSi.C20H28Si.C19H21F3.C18H19F3/c1-7-20(2,3)18-12-8-16(9-13-18)17-10-14-19(15-11-17)21-22(4,5)6;1-7-20(2,3)18-12-8-16(9-13-18)17-10-14-19(15-11-17)21(4,5)6;1-4-18(2,3)17-11-9-16(10-12-17)15-7-5-14(6-8-15)13-19(20,21)22;1-4-17(2,3)15-10-8-13(9-11-15)14-6-5-7-16(12-14)18(19,20)21/h8-15H,7H2,1-6H3;8-15H,7H2,1-6H3;5-12H,4,13H2,1-3H3;5-12H,4H2,1-3H3. The number of halogens is 6. The van der Waals surface area contributed by atoms with Crippen LogP contribution in [0.15, 0.2) is 194 Å². The highest BCUT2D eigenvalue weighted by Gasteiger charge is 2.31. The Kier molecular flexibility index (Phi) is 23.8. The Morgan fingerprint density at radius 2 is 0.605 bits per heavy atom. The van der Waals surface area contributed by atoms with E-state index in [0.717, 1.165) is 54.2 Å². The topological polar surface area (TPSA) is 9.23 Å². The van der Waals surface area contributed by atoms with Crippen LogP contribution in [0, 0.1) is 0 Å². The van der Waals surface area contributed by atoms with E-state index in [-0.39, 0.29) is 21.7 Å². The quantitative estimate of drug-likeness (QED) is 0.0692. The molecule has 0 heterocycles. The van der Waals surface area contributed by atoms with Gasteiger partial charge in [0, 0.05) is 0 Å². The molecule has 8 rings (SSSR count). The lowest BCUT2D eigenvalue weighted by molar-refractivity contribution is -0.137. The monoisotopic (exact) mass is 1210 g/mol. The van der Waals surface area contributed by atoms with Gasteiger partial charge in [-0.25, -0.2) is 0 Å². The fourth-order valence-corrected chi connectivity index (χ4v) is 11.4. The predicted octanol–water partition coefficient (Wildman–Crippen LogP) is 24.0. The molecule has 460 valence electrons. The third-order valence-electron chi connectivity index (χ3n) is 17.1. The van der Waals surface area contributed by atoms with E-state index in [1.54, 1.807) is 30.3 Å². The van der Waals surface area contributed by atoms with E-state index in [2.05, 4.69) is 232 Å². The highest BCUT2D eigenvalue weighted by atomic mass is 28.4. The van der Waals surface area contributed by atoms with Crippen LogP contribution in [-0.2, 0) is 34.3 Å². The van der Waals surface area contributed by atoms with Crippen molar-refractivity contribution in [2.75, 3.05) is 0 Å². The highest BCUT2D eigenvalue weighted by Crippen LogP contribution is 2.36. The molecule has 0 saturated carbocycles. The van der Waals surface area contributed by atoms with Gasteiger partial charge in [-0.15, -0.1) is 0 Å². The first-order chi connectivity index (χ1) is 39.9. The number of alkyl halides is 6. The van der Waals surface area contributed by atoms with Crippen molar-refractivity contribution in [1.82, 2.24) is 0 Å². The van der Waals surface area contributed by atoms with E-state index in [1.807, 2.05) is 36.4 Å². The molecule has 0 bridgehead atoms. The second-order valence-electron chi connectivity index (χ2n) is 27.4. The van der Waals surface area contributed by atoms with Gasteiger partial charge in [0.1, 0.15) is 5.75 Å². The molecule has 0 fully saturated rings. The third kappa shape index (κ3) is 20.9. The molecule has 0 atom stereocenters. The van der Waals surface area contributed by atoms with Crippen molar-refractivity contribution < 1.29 is 30.8 Å². The molecule has 0 aliphatic heterocycles. The molecular formula is C77H96F6OSi2. The summed E-state index contributed by atoms with van der Waals surface area (Å²) in [7, 11) is -2.72. The molecule has 0 N–H and O–H groups in total. The van der Waals surface area contributed by atoms with Crippen molar-refractivity contribution in [3.8, 4) is 50.3 Å². The van der Waals surface area contributed by atoms with Crippen LogP contribution in [0.4, 0.5) is 26.3 Å². The summed E-state index contributed by atoms with van der Waals surface area (Å²) in [6.45, 7) is 40.5. The number of rotatable bonds is 16. The molecule has 86 heavy (non-hydrogen) atoms. The molecule has 0 spiro atoms. The van der Waals surface area contributed by atoms with Gasteiger partial charge in [-0.3, -0.25) is 0 Å². The summed E-state index contributed by atoms with van der Waals surface area (Å²) in [6.07, 6.45) is -4.97. The minimum atomic E-state index is -4.31. The van der Waals surface area contributed by atoms with Crippen molar-refractivity contribution in [2.45, 2.75) is 188 Å². The highest BCUT2D eigenvalue weighted by molar-refractivity contribution is 6.88. The van der Waals surface area contributed by atoms with Gasteiger partial charge in [0.25, 0.3) is 0 Å². The fraction of sp³-hybridized carbons (Fsp3) is 0.377. The Hall–Kier alpha value is -6.43. The summed E-state index contributed by atoms with van der Waals surface area (Å²) in [6, 6.07) is 63.8. The Morgan fingerprint density at radius 1 is 0.326 bits per heavy atom. The first kappa shape index (κ1) is 70.3. The molecule has 8 aromatic carbocycles. The Morgan fingerprint density at radius 3 is 0.872 bits per heavy atom. The molecule has 0 unspecified atom stereocenters. The molecular weight excluding hydrogens is 1110 g/mol. The van der Waals surface area contributed by atoms with Gasteiger partial charge in [0.05, 0.1) is 20.1 Å². The first-order valence-corrected chi connectivity index (χ1v) is 37.5. The maximum absolute atomic E-state index is 12.7. The second kappa shape index (κ2) is 29.1. The second-order valence-corrected chi connectivity index (χ2v) is 36.9. The van der Waals surface area contributed by atoms with Crippen molar-refractivity contribution in [1.29, 1.82) is 0 Å². The Labute approximate surface area is 515 Å². The van der Waals surface area contributed by atoms with Crippen molar-refractivity contribution in [2.24, 2.45) is 0 Å². The smallest absolute Gasteiger partial charge is 0.416 e. The van der Waals surface area contributed by atoms with Gasteiger partial charge in [0.15, 0.2) is 0 Å². The number of benzene rings is 8. The van der Waals surface area contributed by atoms with E-state index in [9.17, 15) is 26.3 Å². The Bertz CT molecular complexity index is 3210. The lowest BCUT2D eigenvalue weighted by Gasteiger charge is -2.23. The minimum Gasteiger partial charge on any atom is -0.544 e. The molecule has 0 amide bonds. The van der Waals surface area contributed by atoms with Crippen LogP contribution < -0.4 is 9.61 Å². The number of hydrogen-bond donors (Lipinski definition) is 0. The van der Waals surface area contributed by atoms with Crippen LogP contribution >= 0.6 is 0 Å². The van der Waals surface area contributed by atoms with Gasteiger partial charge in [-0.05, 0) is 164 Å². The summed E-state index contributed by atoms with van der Waals surface area (Å²) >= 11 is 0. The van der Waals surface area contributed by atoms with Gasteiger partial charge in [-0.1, -0.05) is 278 Å². The van der Waals surface area contributed by atoms with E-state index < -0.39 is 40.7 Å². The maximum atomic E-state index is 12.7. The molecule has 0 saturated heterocycles.